The van der Waals surface area contributed by atoms with Gasteiger partial charge in [0.05, 0.1) is 11.2 Å². The maximum absolute atomic E-state index is 11.3. The van der Waals surface area contributed by atoms with Crippen LogP contribution in [0.5, 0.6) is 0 Å². The molecule has 0 N–H and O–H groups in total. The highest BCUT2D eigenvalue weighted by Crippen LogP contribution is 2.14. The van der Waals surface area contributed by atoms with Gasteiger partial charge < -0.3 is 0 Å². The van der Waals surface area contributed by atoms with Gasteiger partial charge in [-0.15, -0.1) is 5.92 Å². The van der Waals surface area contributed by atoms with Gasteiger partial charge in [0, 0.05) is 0 Å². The average molecular weight is 217 g/mol. The van der Waals surface area contributed by atoms with E-state index in [1.54, 1.807) is 6.92 Å². The molecule has 0 unspecified atom stereocenters. The SMILES string of the molecule is CC#CCn1ncc(Cl)c(Cl)c1=O. The summed E-state index contributed by atoms with van der Waals surface area (Å²) < 4.78 is 1.16. The van der Waals surface area contributed by atoms with Gasteiger partial charge in [0.2, 0.25) is 0 Å². The predicted molar refractivity (Wildman–Crippen MR) is 52.0 cm³/mol. The van der Waals surface area contributed by atoms with Crippen LogP contribution in [0.25, 0.3) is 0 Å². The molecule has 0 atom stereocenters. The Morgan fingerprint density at radius 3 is 2.92 bits per heavy atom. The highest BCUT2D eigenvalue weighted by Gasteiger charge is 2.05. The number of hydrogen-bond donors (Lipinski definition) is 0. The van der Waals surface area contributed by atoms with Crippen molar-refractivity contribution in [2.24, 2.45) is 0 Å². The number of aromatic nitrogens is 2. The van der Waals surface area contributed by atoms with Crippen LogP contribution in [0.1, 0.15) is 6.92 Å². The number of nitrogens with zero attached hydrogens (tertiary/aromatic N) is 2. The summed E-state index contributed by atoms with van der Waals surface area (Å²) in [4.78, 5) is 11.3. The lowest BCUT2D eigenvalue weighted by Gasteiger charge is -1.99. The Kier molecular flexibility index (Phi) is 3.35. The highest BCUT2D eigenvalue weighted by molar-refractivity contribution is 6.41. The Morgan fingerprint density at radius 2 is 2.31 bits per heavy atom. The molecule has 1 rings (SSSR count). The molecule has 68 valence electrons. The third-order valence-corrected chi connectivity index (χ3v) is 2.10. The smallest absolute Gasteiger partial charge is 0.266 e. The zero-order chi connectivity index (χ0) is 9.84. The second-order valence-electron chi connectivity index (χ2n) is 2.20. The van der Waals surface area contributed by atoms with Crippen molar-refractivity contribution in [1.82, 2.24) is 9.78 Å². The summed E-state index contributed by atoms with van der Waals surface area (Å²) in [5, 5.41) is 3.90. The molecule has 1 aromatic rings. The van der Waals surface area contributed by atoms with Crippen LogP contribution in [0.3, 0.4) is 0 Å². The maximum Gasteiger partial charge on any atom is 0.287 e. The Balaban J connectivity index is 3.16. The van der Waals surface area contributed by atoms with Crippen LogP contribution in [0.15, 0.2) is 11.0 Å². The molecular formula is C8H6Cl2N2O. The first kappa shape index (κ1) is 10.1. The van der Waals surface area contributed by atoms with Gasteiger partial charge in [0.25, 0.3) is 5.56 Å². The topological polar surface area (TPSA) is 34.9 Å². The molecule has 0 saturated carbocycles. The molecule has 1 aromatic heterocycles. The van der Waals surface area contributed by atoms with Crippen molar-refractivity contribution in [2.45, 2.75) is 13.5 Å². The number of rotatable bonds is 1. The lowest BCUT2D eigenvalue weighted by atomic mass is 10.5. The van der Waals surface area contributed by atoms with Crippen LogP contribution in [-0.2, 0) is 6.54 Å². The molecule has 0 saturated heterocycles. The predicted octanol–water partition coefficient (Wildman–Crippen LogP) is 1.57. The molecule has 0 amide bonds. The molecule has 5 heteroatoms. The third-order valence-electron chi connectivity index (χ3n) is 1.35. The van der Waals surface area contributed by atoms with Gasteiger partial charge in [-0.25, -0.2) is 4.68 Å². The van der Waals surface area contributed by atoms with Gasteiger partial charge in [0.15, 0.2) is 0 Å². The van der Waals surface area contributed by atoms with Crippen LogP contribution >= 0.6 is 23.2 Å². The third kappa shape index (κ3) is 2.24. The average Bonchev–Trinajstić information content (AvgIpc) is 2.13. The minimum atomic E-state index is -0.420. The van der Waals surface area contributed by atoms with Crippen molar-refractivity contribution in [2.75, 3.05) is 0 Å². The summed E-state index contributed by atoms with van der Waals surface area (Å²) in [6.45, 7) is 1.91. The largest absolute Gasteiger partial charge is 0.287 e. The van der Waals surface area contributed by atoms with Crippen molar-refractivity contribution in [1.29, 1.82) is 0 Å². The molecule has 13 heavy (non-hydrogen) atoms. The molecule has 0 fully saturated rings. The Morgan fingerprint density at radius 1 is 1.62 bits per heavy atom. The van der Waals surface area contributed by atoms with E-state index in [4.69, 9.17) is 23.2 Å². The fraction of sp³-hybridized carbons (Fsp3) is 0.250. The van der Waals surface area contributed by atoms with E-state index in [9.17, 15) is 4.79 Å². The van der Waals surface area contributed by atoms with Crippen molar-refractivity contribution in [3.05, 3.63) is 26.6 Å². The Labute approximate surface area is 85.3 Å². The lowest BCUT2D eigenvalue weighted by molar-refractivity contribution is 0.663. The molecule has 0 aliphatic heterocycles. The van der Waals surface area contributed by atoms with Gasteiger partial charge in [0.1, 0.15) is 11.6 Å². The molecular weight excluding hydrogens is 211 g/mol. The highest BCUT2D eigenvalue weighted by atomic mass is 35.5. The summed E-state index contributed by atoms with van der Waals surface area (Å²) in [6, 6.07) is 0. The van der Waals surface area contributed by atoms with Crippen molar-refractivity contribution >= 4 is 23.2 Å². The van der Waals surface area contributed by atoms with E-state index in [0.29, 0.717) is 0 Å². The lowest BCUT2D eigenvalue weighted by Crippen LogP contribution is -2.22. The fourth-order valence-electron chi connectivity index (χ4n) is 0.712. The normalized spacial score (nSPS) is 9.15. The van der Waals surface area contributed by atoms with E-state index in [1.165, 1.54) is 6.20 Å². The van der Waals surface area contributed by atoms with E-state index in [2.05, 4.69) is 16.9 Å². The molecule has 1 heterocycles. The first-order valence-electron chi connectivity index (χ1n) is 3.47. The Hall–Kier alpha value is -0.980. The summed E-state index contributed by atoms with van der Waals surface area (Å²) in [6.07, 6.45) is 1.32. The zero-order valence-electron chi connectivity index (χ0n) is 6.84. The molecule has 0 bridgehead atoms. The summed E-state index contributed by atoms with van der Waals surface area (Å²) >= 11 is 11.2. The standard InChI is InChI=1S/C8H6Cl2N2O/c1-2-3-4-12-8(13)7(10)6(9)5-11-12/h5H,4H2,1H3. The molecule has 0 aliphatic carbocycles. The van der Waals surface area contributed by atoms with Crippen LogP contribution in [0.4, 0.5) is 0 Å². The van der Waals surface area contributed by atoms with Gasteiger partial charge >= 0.3 is 0 Å². The molecule has 0 aliphatic rings. The summed E-state index contributed by atoms with van der Waals surface area (Å²) in [5.41, 5.74) is -0.420. The molecule has 0 aromatic carbocycles. The molecule has 0 radical (unpaired) electrons. The van der Waals surface area contributed by atoms with Crippen molar-refractivity contribution in [3.8, 4) is 11.8 Å². The van der Waals surface area contributed by atoms with Crippen LogP contribution < -0.4 is 5.56 Å². The van der Waals surface area contributed by atoms with E-state index in [1.807, 2.05) is 0 Å². The van der Waals surface area contributed by atoms with E-state index in [-0.39, 0.29) is 16.6 Å². The van der Waals surface area contributed by atoms with Gasteiger partial charge in [-0.3, -0.25) is 4.79 Å². The van der Waals surface area contributed by atoms with Gasteiger partial charge in [-0.05, 0) is 6.92 Å². The minimum Gasteiger partial charge on any atom is -0.266 e. The van der Waals surface area contributed by atoms with Crippen molar-refractivity contribution < 1.29 is 0 Å². The van der Waals surface area contributed by atoms with Crippen LogP contribution in [-0.4, -0.2) is 9.78 Å². The zero-order valence-corrected chi connectivity index (χ0v) is 8.35. The van der Waals surface area contributed by atoms with Gasteiger partial charge in [-0.1, -0.05) is 29.1 Å². The van der Waals surface area contributed by atoms with Crippen LogP contribution in [0, 0.1) is 11.8 Å². The second-order valence-corrected chi connectivity index (χ2v) is 2.98. The number of hydrogen-bond acceptors (Lipinski definition) is 2. The number of halogens is 2. The van der Waals surface area contributed by atoms with E-state index >= 15 is 0 Å². The molecule has 3 nitrogen and oxygen atoms in total. The second kappa shape index (κ2) is 4.31. The van der Waals surface area contributed by atoms with Gasteiger partial charge in [-0.2, -0.15) is 5.10 Å². The monoisotopic (exact) mass is 216 g/mol. The maximum atomic E-state index is 11.3. The fourth-order valence-corrected chi connectivity index (χ4v) is 0.982. The molecule has 0 spiro atoms. The quantitative estimate of drug-likeness (QED) is 0.669. The summed E-state index contributed by atoms with van der Waals surface area (Å²) in [5.74, 6) is 5.35. The summed E-state index contributed by atoms with van der Waals surface area (Å²) in [7, 11) is 0. The Bertz CT molecular complexity index is 428. The first-order chi connectivity index (χ1) is 6.16. The van der Waals surface area contributed by atoms with Crippen molar-refractivity contribution in [3.63, 3.8) is 0 Å². The minimum absolute atomic E-state index is 0.0189. The van der Waals surface area contributed by atoms with E-state index < -0.39 is 5.56 Å². The first-order valence-corrected chi connectivity index (χ1v) is 4.23. The van der Waals surface area contributed by atoms with Crippen LogP contribution in [0.2, 0.25) is 10.0 Å². The van der Waals surface area contributed by atoms with E-state index in [0.717, 1.165) is 4.68 Å².